The number of carbonyl (C=O) groups excluding carboxylic acids is 2. The van der Waals surface area contributed by atoms with E-state index in [4.69, 9.17) is 22.1 Å². The highest BCUT2D eigenvalue weighted by Gasteiger charge is 2.20. The minimum Gasteiger partial charge on any atom is -0.495 e. The van der Waals surface area contributed by atoms with Crippen LogP contribution >= 0.6 is 11.6 Å². The topological polar surface area (TPSA) is 124 Å². The van der Waals surface area contributed by atoms with Crippen molar-refractivity contribution < 1.29 is 14.3 Å². The molecule has 3 aromatic rings. The van der Waals surface area contributed by atoms with Crippen LogP contribution in [0.15, 0.2) is 42.5 Å². The molecular weight excluding hydrogens is 396 g/mol. The highest BCUT2D eigenvalue weighted by Crippen LogP contribution is 2.26. The van der Waals surface area contributed by atoms with Crippen LogP contribution in [0.2, 0.25) is 5.02 Å². The molecule has 1 heterocycles. The molecule has 0 aliphatic rings. The first kappa shape index (κ1) is 20.2. The Hall–Kier alpha value is -3.59. The number of carbonyl (C=O) groups is 2. The van der Waals surface area contributed by atoms with Crippen molar-refractivity contribution in [1.29, 1.82) is 0 Å². The third-order valence-corrected chi connectivity index (χ3v) is 4.26. The monoisotopic (exact) mass is 414 g/mol. The number of hydrogen-bond donors (Lipinski definition) is 3. The van der Waals surface area contributed by atoms with Gasteiger partial charge in [-0.1, -0.05) is 22.9 Å². The molecular formula is C19H19ClN6O3. The molecule has 1 aromatic heterocycles. The smallest absolute Gasteiger partial charge is 0.280 e. The van der Waals surface area contributed by atoms with Crippen LogP contribution in [0.3, 0.4) is 0 Å². The highest BCUT2D eigenvalue weighted by atomic mass is 35.5. The van der Waals surface area contributed by atoms with Crippen LogP contribution < -0.4 is 21.1 Å². The van der Waals surface area contributed by atoms with E-state index in [2.05, 4.69) is 20.9 Å². The summed E-state index contributed by atoms with van der Waals surface area (Å²) in [6.07, 6.45) is 0. The minimum absolute atomic E-state index is 0.0274. The molecule has 9 nitrogen and oxygen atoms in total. The van der Waals surface area contributed by atoms with E-state index in [1.54, 1.807) is 36.4 Å². The van der Waals surface area contributed by atoms with E-state index in [1.165, 1.54) is 7.11 Å². The zero-order chi connectivity index (χ0) is 21.0. The lowest BCUT2D eigenvalue weighted by molar-refractivity contribution is -0.116. The van der Waals surface area contributed by atoms with Gasteiger partial charge in [0.15, 0.2) is 11.5 Å². The van der Waals surface area contributed by atoms with E-state index >= 15 is 0 Å². The average molecular weight is 415 g/mol. The lowest BCUT2D eigenvalue weighted by atomic mass is 10.2. The minimum atomic E-state index is -0.559. The molecule has 0 aliphatic heterocycles. The second kappa shape index (κ2) is 8.61. The fraction of sp³-hybridized carbons (Fsp3) is 0.158. The number of nitrogen functional groups attached to an aromatic ring is 1. The maximum Gasteiger partial charge on any atom is 0.280 e. The van der Waals surface area contributed by atoms with Gasteiger partial charge >= 0.3 is 0 Å². The zero-order valence-corrected chi connectivity index (χ0v) is 16.5. The van der Waals surface area contributed by atoms with Gasteiger partial charge < -0.3 is 21.1 Å². The maximum atomic E-state index is 12.6. The third-order valence-electron chi connectivity index (χ3n) is 4.01. The molecule has 0 aliphatic carbocycles. The summed E-state index contributed by atoms with van der Waals surface area (Å²) in [7, 11) is 1.50. The van der Waals surface area contributed by atoms with Crippen LogP contribution in [-0.2, 0) is 11.3 Å². The molecule has 0 spiro atoms. The van der Waals surface area contributed by atoms with E-state index in [-0.39, 0.29) is 24.0 Å². The fourth-order valence-corrected chi connectivity index (χ4v) is 2.70. The fourth-order valence-electron chi connectivity index (χ4n) is 2.57. The van der Waals surface area contributed by atoms with Gasteiger partial charge in [-0.3, -0.25) is 9.59 Å². The number of hydrogen-bond acceptors (Lipinski definition) is 6. The Morgan fingerprint density at radius 1 is 1.17 bits per heavy atom. The standard InChI is InChI=1S/C19H19ClN6O3/c1-11-3-8-15(29-2)14(9-11)23-19(28)17-18(21)26(25-24-17)10-16(27)22-13-6-4-12(20)5-7-13/h3-9H,10,21H2,1-2H3,(H,22,27)(H,23,28). The summed E-state index contributed by atoms with van der Waals surface area (Å²) in [6, 6.07) is 12.0. The van der Waals surface area contributed by atoms with Crippen molar-refractivity contribution >= 4 is 40.6 Å². The Morgan fingerprint density at radius 3 is 2.59 bits per heavy atom. The predicted molar refractivity (Wildman–Crippen MR) is 110 cm³/mol. The maximum absolute atomic E-state index is 12.6. The first-order chi connectivity index (χ1) is 13.9. The molecule has 0 unspecified atom stereocenters. The molecule has 0 radical (unpaired) electrons. The Balaban J connectivity index is 1.70. The van der Waals surface area contributed by atoms with Crippen LogP contribution in [0.5, 0.6) is 5.75 Å². The summed E-state index contributed by atoms with van der Waals surface area (Å²) in [6.45, 7) is 1.68. The van der Waals surface area contributed by atoms with Gasteiger partial charge in [0.2, 0.25) is 5.91 Å². The summed E-state index contributed by atoms with van der Waals surface area (Å²) in [5.41, 5.74) is 7.87. The Labute approximate surface area is 171 Å². The third kappa shape index (κ3) is 4.82. The number of nitrogens with one attached hydrogen (secondary N) is 2. The Kier molecular flexibility index (Phi) is 5.99. The van der Waals surface area contributed by atoms with Crippen LogP contribution in [0.25, 0.3) is 0 Å². The van der Waals surface area contributed by atoms with Crippen LogP contribution in [0, 0.1) is 6.92 Å². The average Bonchev–Trinajstić information content (AvgIpc) is 3.04. The first-order valence-corrected chi connectivity index (χ1v) is 8.95. The lowest BCUT2D eigenvalue weighted by Crippen LogP contribution is -2.21. The molecule has 4 N–H and O–H groups in total. The highest BCUT2D eigenvalue weighted by molar-refractivity contribution is 6.30. The molecule has 0 saturated carbocycles. The van der Waals surface area contributed by atoms with Gasteiger partial charge in [0.05, 0.1) is 12.8 Å². The number of rotatable bonds is 6. The lowest BCUT2D eigenvalue weighted by Gasteiger charge is -2.10. The first-order valence-electron chi connectivity index (χ1n) is 8.57. The number of benzene rings is 2. The molecule has 10 heteroatoms. The van der Waals surface area contributed by atoms with Gasteiger partial charge in [-0.25, -0.2) is 4.68 Å². The van der Waals surface area contributed by atoms with Crippen molar-refractivity contribution in [3.8, 4) is 5.75 Å². The number of amides is 2. The number of anilines is 3. The summed E-state index contributed by atoms with van der Waals surface area (Å²) in [5, 5.41) is 13.5. The molecule has 0 saturated heterocycles. The molecule has 29 heavy (non-hydrogen) atoms. The van der Waals surface area contributed by atoms with Gasteiger partial charge in [-0.15, -0.1) is 5.10 Å². The Morgan fingerprint density at radius 2 is 1.90 bits per heavy atom. The van der Waals surface area contributed by atoms with Crippen molar-refractivity contribution in [2.24, 2.45) is 0 Å². The van der Waals surface area contributed by atoms with Gasteiger partial charge in [-0.05, 0) is 48.9 Å². The van der Waals surface area contributed by atoms with Crippen LogP contribution in [0.4, 0.5) is 17.2 Å². The molecule has 0 fully saturated rings. The second-order valence-corrected chi connectivity index (χ2v) is 6.63. The Bertz CT molecular complexity index is 1050. The predicted octanol–water partition coefficient (Wildman–Crippen LogP) is 2.72. The quantitative estimate of drug-likeness (QED) is 0.569. The number of aryl methyl sites for hydroxylation is 1. The normalized spacial score (nSPS) is 10.4. The largest absolute Gasteiger partial charge is 0.495 e. The van der Waals surface area contributed by atoms with Crippen LogP contribution in [0.1, 0.15) is 16.1 Å². The van der Waals surface area contributed by atoms with Crippen molar-refractivity contribution in [2.45, 2.75) is 13.5 Å². The number of nitrogens with zero attached hydrogens (tertiary/aromatic N) is 3. The van der Waals surface area contributed by atoms with E-state index < -0.39 is 5.91 Å². The molecule has 150 valence electrons. The number of nitrogens with two attached hydrogens (primary N) is 1. The summed E-state index contributed by atoms with van der Waals surface area (Å²) in [4.78, 5) is 24.8. The van der Waals surface area contributed by atoms with Crippen molar-refractivity contribution in [1.82, 2.24) is 15.0 Å². The van der Waals surface area contributed by atoms with Crippen LogP contribution in [-0.4, -0.2) is 33.9 Å². The van der Waals surface area contributed by atoms with E-state index in [0.717, 1.165) is 10.2 Å². The SMILES string of the molecule is COc1ccc(C)cc1NC(=O)c1nnn(CC(=O)Nc2ccc(Cl)cc2)c1N. The molecule has 2 aromatic carbocycles. The van der Waals surface area contributed by atoms with Crippen molar-refractivity contribution in [2.75, 3.05) is 23.5 Å². The molecule has 0 atom stereocenters. The number of halogens is 1. The number of methoxy groups -OCH3 is 1. The van der Waals surface area contributed by atoms with E-state index in [0.29, 0.717) is 22.1 Å². The molecule has 0 bridgehead atoms. The van der Waals surface area contributed by atoms with Crippen molar-refractivity contribution in [3.63, 3.8) is 0 Å². The summed E-state index contributed by atoms with van der Waals surface area (Å²) < 4.78 is 6.39. The van der Waals surface area contributed by atoms with Gasteiger partial charge in [0, 0.05) is 10.7 Å². The van der Waals surface area contributed by atoms with E-state index in [1.807, 2.05) is 13.0 Å². The molecule has 2 amide bonds. The van der Waals surface area contributed by atoms with Gasteiger partial charge in [-0.2, -0.15) is 0 Å². The summed E-state index contributed by atoms with van der Waals surface area (Å²) in [5.74, 6) is -0.468. The second-order valence-electron chi connectivity index (χ2n) is 6.19. The zero-order valence-electron chi connectivity index (χ0n) is 15.8. The van der Waals surface area contributed by atoms with Gasteiger partial charge in [0.25, 0.3) is 5.91 Å². The van der Waals surface area contributed by atoms with Gasteiger partial charge in [0.1, 0.15) is 12.3 Å². The number of ether oxygens (including phenoxy) is 1. The van der Waals surface area contributed by atoms with E-state index in [9.17, 15) is 9.59 Å². The number of aromatic nitrogens is 3. The summed E-state index contributed by atoms with van der Waals surface area (Å²) >= 11 is 5.82. The van der Waals surface area contributed by atoms with Crippen molar-refractivity contribution in [3.05, 3.63) is 58.7 Å². The molecule has 3 rings (SSSR count).